The minimum Gasteiger partial charge on any atom is -0.382 e. The minimum atomic E-state index is -0.691. The van der Waals surface area contributed by atoms with Gasteiger partial charge < -0.3 is 5.11 Å². The van der Waals surface area contributed by atoms with E-state index in [4.69, 9.17) is 0 Å². The monoisotopic (exact) mass is 303 g/mol. The van der Waals surface area contributed by atoms with Crippen LogP contribution in [-0.4, -0.2) is 10.1 Å². The summed E-state index contributed by atoms with van der Waals surface area (Å²) in [6.07, 6.45) is 4.32. The van der Waals surface area contributed by atoms with Gasteiger partial charge in [-0.15, -0.1) is 11.3 Å². The predicted octanol–water partition coefficient (Wildman–Crippen LogP) is 3.94. The molecule has 0 amide bonds. The SMILES string of the molecule is CC(C)C1CCCCC1(O)c1nc(Br)cs1. The van der Waals surface area contributed by atoms with Crippen molar-refractivity contribution in [3.63, 3.8) is 0 Å². The Bertz CT molecular complexity index is 366. The number of hydrogen-bond acceptors (Lipinski definition) is 3. The minimum absolute atomic E-state index is 0.347. The van der Waals surface area contributed by atoms with Crippen LogP contribution in [0.2, 0.25) is 0 Å². The lowest BCUT2D eigenvalue weighted by Crippen LogP contribution is -2.40. The zero-order chi connectivity index (χ0) is 11.8. The Morgan fingerprint density at radius 3 is 2.88 bits per heavy atom. The molecule has 1 N–H and O–H groups in total. The van der Waals surface area contributed by atoms with E-state index in [0.717, 1.165) is 28.9 Å². The van der Waals surface area contributed by atoms with Gasteiger partial charge in [0, 0.05) is 5.38 Å². The van der Waals surface area contributed by atoms with E-state index in [1.54, 1.807) is 11.3 Å². The first-order chi connectivity index (χ1) is 7.54. The van der Waals surface area contributed by atoms with Crippen molar-refractivity contribution in [2.45, 2.75) is 45.1 Å². The summed E-state index contributed by atoms with van der Waals surface area (Å²) in [6, 6.07) is 0. The van der Waals surface area contributed by atoms with Crippen molar-refractivity contribution in [2.75, 3.05) is 0 Å². The molecule has 0 radical (unpaired) electrons. The number of hydrogen-bond donors (Lipinski definition) is 1. The van der Waals surface area contributed by atoms with Crippen LogP contribution in [0.5, 0.6) is 0 Å². The van der Waals surface area contributed by atoms with Crippen molar-refractivity contribution >= 4 is 27.3 Å². The molecule has 0 bridgehead atoms. The second kappa shape index (κ2) is 4.75. The number of rotatable bonds is 2. The van der Waals surface area contributed by atoms with Crippen LogP contribution < -0.4 is 0 Å². The van der Waals surface area contributed by atoms with Crippen LogP contribution in [0.25, 0.3) is 0 Å². The van der Waals surface area contributed by atoms with Gasteiger partial charge in [-0.1, -0.05) is 26.7 Å². The van der Waals surface area contributed by atoms with E-state index in [9.17, 15) is 5.11 Å². The van der Waals surface area contributed by atoms with Gasteiger partial charge >= 0.3 is 0 Å². The van der Waals surface area contributed by atoms with Crippen LogP contribution in [0.1, 0.15) is 44.5 Å². The van der Waals surface area contributed by atoms with Crippen LogP contribution in [0.4, 0.5) is 0 Å². The molecule has 1 fully saturated rings. The maximum atomic E-state index is 10.9. The van der Waals surface area contributed by atoms with Crippen LogP contribution in [0.15, 0.2) is 9.98 Å². The first-order valence-electron chi connectivity index (χ1n) is 5.88. The van der Waals surface area contributed by atoms with Gasteiger partial charge in [0.15, 0.2) is 0 Å². The molecule has 90 valence electrons. The zero-order valence-electron chi connectivity index (χ0n) is 9.74. The lowest BCUT2D eigenvalue weighted by atomic mass is 9.70. The number of nitrogens with zero attached hydrogens (tertiary/aromatic N) is 1. The van der Waals surface area contributed by atoms with Crippen LogP contribution in [-0.2, 0) is 5.60 Å². The van der Waals surface area contributed by atoms with Crippen LogP contribution in [0.3, 0.4) is 0 Å². The maximum Gasteiger partial charge on any atom is 0.126 e. The normalized spacial score (nSPS) is 30.9. The van der Waals surface area contributed by atoms with Crippen molar-refractivity contribution < 1.29 is 5.11 Å². The molecular weight excluding hydrogens is 286 g/mol. The van der Waals surface area contributed by atoms with Gasteiger partial charge in [0.1, 0.15) is 15.2 Å². The third kappa shape index (κ3) is 2.20. The van der Waals surface area contributed by atoms with Crippen molar-refractivity contribution in [3.8, 4) is 0 Å². The molecule has 0 saturated heterocycles. The first kappa shape index (κ1) is 12.5. The van der Waals surface area contributed by atoms with E-state index < -0.39 is 5.60 Å². The lowest BCUT2D eigenvalue weighted by molar-refractivity contribution is -0.0723. The molecule has 2 unspecified atom stereocenters. The number of thiazole rings is 1. The molecule has 0 aromatic carbocycles. The van der Waals surface area contributed by atoms with Gasteiger partial charge in [-0.3, -0.25) is 0 Å². The molecular formula is C12H18BrNOS. The quantitative estimate of drug-likeness (QED) is 0.897. The number of aliphatic hydroxyl groups is 1. The Morgan fingerprint density at radius 1 is 1.56 bits per heavy atom. The largest absolute Gasteiger partial charge is 0.382 e. The molecule has 1 aliphatic carbocycles. The average molecular weight is 304 g/mol. The van der Waals surface area contributed by atoms with Gasteiger partial charge in [-0.25, -0.2) is 4.98 Å². The highest BCUT2D eigenvalue weighted by Gasteiger charge is 2.43. The second-order valence-corrected chi connectivity index (χ2v) is 6.67. The lowest BCUT2D eigenvalue weighted by Gasteiger charge is -2.40. The fourth-order valence-electron chi connectivity index (χ4n) is 2.79. The van der Waals surface area contributed by atoms with E-state index in [1.165, 1.54) is 6.42 Å². The van der Waals surface area contributed by atoms with E-state index in [2.05, 4.69) is 34.8 Å². The van der Waals surface area contributed by atoms with Crippen molar-refractivity contribution in [1.82, 2.24) is 4.98 Å². The maximum absolute atomic E-state index is 10.9. The molecule has 1 aromatic rings. The average Bonchev–Trinajstić information content (AvgIpc) is 2.65. The van der Waals surface area contributed by atoms with E-state index in [1.807, 2.05) is 5.38 Å². The second-order valence-electron chi connectivity index (χ2n) is 5.00. The molecule has 0 spiro atoms. The summed E-state index contributed by atoms with van der Waals surface area (Å²) in [5.74, 6) is 0.854. The van der Waals surface area contributed by atoms with Gasteiger partial charge in [-0.05, 0) is 40.6 Å². The van der Waals surface area contributed by atoms with Gasteiger partial charge in [-0.2, -0.15) is 0 Å². The van der Waals surface area contributed by atoms with E-state index >= 15 is 0 Å². The van der Waals surface area contributed by atoms with Gasteiger partial charge in [0.25, 0.3) is 0 Å². The Kier molecular flexibility index (Phi) is 3.72. The molecule has 2 atom stereocenters. The molecule has 1 aliphatic rings. The fourth-order valence-corrected chi connectivity index (χ4v) is 4.23. The van der Waals surface area contributed by atoms with E-state index in [-0.39, 0.29) is 0 Å². The smallest absolute Gasteiger partial charge is 0.126 e. The standard InChI is InChI=1S/C12H18BrNOS/c1-8(2)9-5-3-4-6-12(9,15)11-14-10(13)7-16-11/h7-9,15H,3-6H2,1-2H3. The predicted molar refractivity (Wildman–Crippen MR) is 70.5 cm³/mol. The molecule has 16 heavy (non-hydrogen) atoms. The van der Waals surface area contributed by atoms with Crippen LogP contribution >= 0.6 is 27.3 Å². The highest BCUT2D eigenvalue weighted by atomic mass is 79.9. The van der Waals surface area contributed by atoms with Crippen LogP contribution in [0, 0.1) is 11.8 Å². The molecule has 0 aliphatic heterocycles. The Morgan fingerprint density at radius 2 is 2.31 bits per heavy atom. The third-order valence-electron chi connectivity index (χ3n) is 3.59. The molecule has 1 saturated carbocycles. The highest BCUT2D eigenvalue weighted by Crippen LogP contribution is 2.46. The summed E-state index contributed by atoms with van der Waals surface area (Å²) in [7, 11) is 0. The van der Waals surface area contributed by atoms with Crippen molar-refractivity contribution in [2.24, 2.45) is 11.8 Å². The highest BCUT2D eigenvalue weighted by molar-refractivity contribution is 9.10. The topological polar surface area (TPSA) is 33.1 Å². The van der Waals surface area contributed by atoms with Crippen molar-refractivity contribution in [3.05, 3.63) is 15.0 Å². The fraction of sp³-hybridized carbons (Fsp3) is 0.750. The Labute approximate surface area is 109 Å². The summed E-state index contributed by atoms with van der Waals surface area (Å²) in [5, 5.41) is 13.8. The summed E-state index contributed by atoms with van der Waals surface area (Å²) in [4.78, 5) is 4.42. The molecule has 2 rings (SSSR count). The van der Waals surface area contributed by atoms with E-state index in [0.29, 0.717) is 11.8 Å². The molecule has 1 heterocycles. The Balaban J connectivity index is 2.32. The van der Waals surface area contributed by atoms with Gasteiger partial charge in [0.2, 0.25) is 0 Å². The van der Waals surface area contributed by atoms with Crippen molar-refractivity contribution in [1.29, 1.82) is 0 Å². The summed E-state index contributed by atoms with van der Waals surface area (Å²) >= 11 is 4.94. The number of halogens is 1. The number of aromatic nitrogens is 1. The molecule has 1 aromatic heterocycles. The summed E-state index contributed by atoms with van der Waals surface area (Å²) in [6.45, 7) is 4.40. The summed E-state index contributed by atoms with van der Waals surface area (Å²) < 4.78 is 0.842. The molecule has 2 nitrogen and oxygen atoms in total. The zero-order valence-corrected chi connectivity index (χ0v) is 12.1. The third-order valence-corrected chi connectivity index (χ3v) is 5.31. The Hall–Kier alpha value is 0.0700. The first-order valence-corrected chi connectivity index (χ1v) is 7.55. The summed E-state index contributed by atoms with van der Waals surface area (Å²) in [5.41, 5.74) is -0.691. The molecule has 4 heteroatoms. The van der Waals surface area contributed by atoms with Gasteiger partial charge in [0.05, 0.1) is 0 Å².